The van der Waals surface area contributed by atoms with Gasteiger partial charge in [-0.2, -0.15) is 0 Å². The summed E-state index contributed by atoms with van der Waals surface area (Å²) < 4.78 is 15.0. The number of rotatable bonds is 2. The summed E-state index contributed by atoms with van der Waals surface area (Å²) in [6.07, 6.45) is 5.24. The molecular formula is C17H22FN3O2. The van der Waals surface area contributed by atoms with Gasteiger partial charge in [0.2, 0.25) is 0 Å². The highest BCUT2D eigenvalue weighted by Gasteiger charge is 2.45. The van der Waals surface area contributed by atoms with E-state index < -0.39 is 5.67 Å². The molecule has 0 spiro atoms. The number of pyridine rings is 1. The number of piperidine rings is 1. The van der Waals surface area contributed by atoms with E-state index in [2.05, 4.69) is 4.98 Å². The molecule has 6 heteroatoms. The summed E-state index contributed by atoms with van der Waals surface area (Å²) >= 11 is 0. The second kappa shape index (κ2) is 6.26. The smallest absolute Gasteiger partial charge is 0.260 e. The van der Waals surface area contributed by atoms with Crippen LogP contribution in [-0.4, -0.2) is 58.4 Å². The third kappa shape index (κ3) is 3.07. The minimum atomic E-state index is -1.81. The number of hydrogen-bond acceptors (Lipinski definition) is 3. The number of carbonyl (C=O) groups excluding carboxylic acids is 2. The Labute approximate surface area is 135 Å². The van der Waals surface area contributed by atoms with Gasteiger partial charge in [0, 0.05) is 51.4 Å². The van der Waals surface area contributed by atoms with E-state index >= 15 is 0 Å². The van der Waals surface area contributed by atoms with E-state index in [1.807, 2.05) is 6.92 Å². The summed E-state index contributed by atoms with van der Waals surface area (Å²) in [5.74, 6) is -0.522. The molecule has 2 aliphatic rings. The maximum atomic E-state index is 15.0. The molecule has 3 rings (SSSR count). The normalized spacial score (nSPS) is 20.6. The Balaban J connectivity index is 1.65. The molecule has 5 nitrogen and oxygen atoms in total. The summed E-state index contributed by atoms with van der Waals surface area (Å²) in [6.45, 7) is 3.70. The third-order valence-corrected chi connectivity index (χ3v) is 4.89. The molecule has 124 valence electrons. The Morgan fingerprint density at radius 3 is 2.39 bits per heavy atom. The van der Waals surface area contributed by atoms with Gasteiger partial charge in [-0.25, -0.2) is 4.39 Å². The Kier molecular flexibility index (Phi) is 4.33. The summed E-state index contributed by atoms with van der Waals surface area (Å²) in [7, 11) is 0. The first-order chi connectivity index (χ1) is 11.0. The minimum absolute atomic E-state index is 0.0768. The van der Waals surface area contributed by atoms with Gasteiger partial charge in [-0.1, -0.05) is 0 Å². The largest absolute Gasteiger partial charge is 0.340 e. The molecule has 23 heavy (non-hydrogen) atoms. The number of alkyl halides is 1. The molecule has 3 heterocycles. The van der Waals surface area contributed by atoms with Crippen molar-refractivity contribution in [3.8, 4) is 0 Å². The van der Waals surface area contributed by atoms with Crippen molar-refractivity contribution >= 4 is 11.8 Å². The van der Waals surface area contributed by atoms with Crippen LogP contribution in [0.3, 0.4) is 0 Å². The van der Waals surface area contributed by atoms with Gasteiger partial charge >= 0.3 is 0 Å². The molecule has 2 saturated heterocycles. The highest BCUT2D eigenvalue weighted by molar-refractivity contribution is 5.95. The highest BCUT2D eigenvalue weighted by Crippen LogP contribution is 2.31. The van der Waals surface area contributed by atoms with Gasteiger partial charge in [0.15, 0.2) is 5.67 Å². The standard InChI is InChI=1S/C17H22FN3O2/c1-13-4-7-19-12-14(13)15(22)20-10-5-17(18,6-11-20)16(23)21-8-2-3-9-21/h4,7,12H,2-3,5-6,8-11H2,1H3. The first kappa shape index (κ1) is 15.9. The summed E-state index contributed by atoms with van der Waals surface area (Å²) in [5, 5.41) is 0. The van der Waals surface area contributed by atoms with Crippen LogP contribution in [0, 0.1) is 6.92 Å². The first-order valence-corrected chi connectivity index (χ1v) is 8.19. The third-order valence-electron chi connectivity index (χ3n) is 4.89. The number of carbonyl (C=O) groups is 2. The van der Waals surface area contributed by atoms with Gasteiger partial charge in [-0.3, -0.25) is 14.6 Å². The number of aromatic nitrogens is 1. The number of likely N-dealkylation sites (tertiary alicyclic amines) is 2. The van der Waals surface area contributed by atoms with E-state index in [-0.39, 0.29) is 37.7 Å². The van der Waals surface area contributed by atoms with Gasteiger partial charge in [0.25, 0.3) is 11.8 Å². The summed E-state index contributed by atoms with van der Waals surface area (Å²) in [4.78, 5) is 32.1. The van der Waals surface area contributed by atoms with E-state index in [1.54, 1.807) is 28.3 Å². The van der Waals surface area contributed by atoms with Crippen molar-refractivity contribution in [1.29, 1.82) is 0 Å². The van der Waals surface area contributed by atoms with Crippen LogP contribution < -0.4 is 0 Å². The Hall–Kier alpha value is -1.98. The fourth-order valence-corrected chi connectivity index (χ4v) is 3.34. The Bertz CT molecular complexity index is 606. The molecular weight excluding hydrogens is 297 g/mol. The quantitative estimate of drug-likeness (QED) is 0.837. The predicted molar refractivity (Wildman–Crippen MR) is 83.8 cm³/mol. The molecule has 0 radical (unpaired) electrons. The maximum absolute atomic E-state index is 15.0. The van der Waals surface area contributed by atoms with Gasteiger partial charge in [-0.15, -0.1) is 0 Å². The first-order valence-electron chi connectivity index (χ1n) is 8.19. The number of nitrogens with zero attached hydrogens (tertiary/aromatic N) is 3. The fraction of sp³-hybridized carbons (Fsp3) is 0.588. The maximum Gasteiger partial charge on any atom is 0.260 e. The van der Waals surface area contributed by atoms with Crippen LogP contribution in [0.15, 0.2) is 18.5 Å². The predicted octanol–water partition coefficient (Wildman–Crippen LogP) is 1.96. The molecule has 0 aliphatic carbocycles. The van der Waals surface area contributed by atoms with Crippen LogP contribution in [0.5, 0.6) is 0 Å². The van der Waals surface area contributed by atoms with E-state index in [1.165, 1.54) is 0 Å². The van der Waals surface area contributed by atoms with Crippen molar-refractivity contribution in [1.82, 2.24) is 14.8 Å². The fourth-order valence-electron chi connectivity index (χ4n) is 3.34. The van der Waals surface area contributed by atoms with Crippen LogP contribution in [0.1, 0.15) is 41.6 Å². The van der Waals surface area contributed by atoms with Crippen molar-refractivity contribution in [3.63, 3.8) is 0 Å². The second-order valence-electron chi connectivity index (χ2n) is 6.45. The topological polar surface area (TPSA) is 53.5 Å². The lowest BCUT2D eigenvalue weighted by atomic mass is 9.91. The SMILES string of the molecule is Cc1ccncc1C(=O)N1CCC(F)(C(=O)N2CCCC2)CC1. The summed E-state index contributed by atoms with van der Waals surface area (Å²) in [5.41, 5.74) is -0.412. The van der Waals surface area contributed by atoms with Crippen molar-refractivity contribution < 1.29 is 14.0 Å². The van der Waals surface area contributed by atoms with Crippen LogP contribution in [0.2, 0.25) is 0 Å². The lowest BCUT2D eigenvalue weighted by Crippen LogP contribution is -2.52. The van der Waals surface area contributed by atoms with Crippen molar-refractivity contribution in [2.75, 3.05) is 26.2 Å². The molecule has 2 amide bonds. The van der Waals surface area contributed by atoms with Gasteiger partial charge in [0.1, 0.15) is 0 Å². The second-order valence-corrected chi connectivity index (χ2v) is 6.45. The Morgan fingerprint density at radius 1 is 1.13 bits per heavy atom. The number of halogens is 1. The monoisotopic (exact) mass is 319 g/mol. The molecule has 0 atom stereocenters. The highest BCUT2D eigenvalue weighted by atomic mass is 19.1. The molecule has 2 fully saturated rings. The number of hydrogen-bond donors (Lipinski definition) is 0. The van der Waals surface area contributed by atoms with E-state index in [0.717, 1.165) is 18.4 Å². The van der Waals surface area contributed by atoms with Crippen molar-refractivity contribution in [3.05, 3.63) is 29.6 Å². The molecule has 2 aliphatic heterocycles. The molecule has 0 saturated carbocycles. The lowest BCUT2D eigenvalue weighted by Gasteiger charge is -2.37. The zero-order valence-corrected chi connectivity index (χ0v) is 13.4. The van der Waals surface area contributed by atoms with E-state index in [4.69, 9.17) is 0 Å². The minimum Gasteiger partial charge on any atom is -0.340 e. The van der Waals surface area contributed by atoms with E-state index in [0.29, 0.717) is 18.7 Å². The molecule has 0 bridgehead atoms. The van der Waals surface area contributed by atoms with Crippen LogP contribution in [-0.2, 0) is 4.79 Å². The van der Waals surface area contributed by atoms with Gasteiger partial charge < -0.3 is 9.80 Å². The molecule has 0 aromatic carbocycles. The number of aryl methyl sites for hydroxylation is 1. The number of amides is 2. The average molecular weight is 319 g/mol. The molecule has 0 N–H and O–H groups in total. The van der Waals surface area contributed by atoms with Crippen LogP contribution in [0.4, 0.5) is 4.39 Å². The summed E-state index contributed by atoms with van der Waals surface area (Å²) in [6, 6.07) is 1.79. The zero-order valence-electron chi connectivity index (χ0n) is 13.4. The van der Waals surface area contributed by atoms with Gasteiger partial charge in [-0.05, 0) is 31.4 Å². The molecule has 1 aromatic heterocycles. The van der Waals surface area contributed by atoms with E-state index in [9.17, 15) is 14.0 Å². The lowest BCUT2D eigenvalue weighted by molar-refractivity contribution is -0.145. The average Bonchev–Trinajstić information content (AvgIpc) is 3.09. The van der Waals surface area contributed by atoms with Crippen molar-refractivity contribution in [2.24, 2.45) is 0 Å². The molecule has 0 unspecified atom stereocenters. The van der Waals surface area contributed by atoms with Crippen LogP contribution in [0.25, 0.3) is 0 Å². The molecule has 1 aromatic rings. The van der Waals surface area contributed by atoms with Crippen LogP contribution >= 0.6 is 0 Å². The zero-order chi connectivity index (χ0) is 16.4. The van der Waals surface area contributed by atoms with Gasteiger partial charge in [0.05, 0.1) is 5.56 Å². The Morgan fingerprint density at radius 2 is 1.78 bits per heavy atom. The van der Waals surface area contributed by atoms with Crippen molar-refractivity contribution in [2.45, 2.75) is 38.3 Å².